The SMILES string of the molecule is C=CCC(=O)N1CCC(c2ccc(NC(=O)[C@H]3CCN(c4cccnn4)C3)cc2)CC1. The molecule has 3 heterocycles. The van der Waals surface area contributed by atoms with Crippen LogP contribution < -0.4 is 10.2 Å². The molecule has 2 aromatic rings. The van der Waals surface area contributed by atoms with Crippen molar-refractivity contribution in [2.75, 3.05) is 36.4 Å². The van der Waals surface area contributed by atoms with Gasteiger partial charge in [-0.25, -0.2) is 0 Å². The Balaban J connectivity index is 1.28. The molecule has 0 spiro atoms. The molecule has 162 valence electrons. The van der Waals surface area contributed by atoms with Crippen LogP contribution in [0.25, 0.3) is 0 Å². The van der Waals surface area contributed by atoms with Crippen molar-refractivity contribution in [3.05, 3.63) is 60.8 Å². The summed E-state index contributed by atoms with van der Waals surface area (Å²) in [5, 5.41) is 11.1. The van der Waals surface area contributed by atoms with Crippen LogP contribution in [0.1, 0.15) is 37.2 Å². The van der Waals surface area contributed by atoms with Gasteiger partial charge in [-0.15, -0.1) is 11.7 Å². The number of anilines is 2. The van der Waals surface area contributed by atoms with Crippen LogP contribution in [0.2, 0.25) is 0 Å². The van der Waals surface area contributed by atoms with Crippen molar-refractivity contribution < 1.29 is 9.59 Å². The van der Waals surface area contributed by atoms with Gasteiger partial charge >= 0.3 is 0 Å². The molecule has 31 heavy (non-hydrogen) atoms. The topological polar surface area (TPSA) is 78.4 Å². The lowest BCUT2D eigenvalue weighted by Crippen LogP contribution is -2.37. The van der Waals surface area contributed by atoms with E-state index in [4.69, 9.17) is 0 Å². The number of carbonyl (C=O) groups is 2. The van der Waals surface area contributed by atoms with Gasteiger partial charge in [-0.2, -0.15) is 5.10 Å². The summed E-state index contributed by atoms with van der Waals surface area (Å²) in [6, 6.07) is 12.0. The molecule has 0 bridgehead atoms. The van der Waals surface area contributed by atoms with Gasteiger partial charge in [0.05, 0.1) is 5.92 Å². The molecule has 7 heteroatoms. The molecule has 2 aliphatic rings. The fourth-order valence-electron chi connectivity index (χ4n) is 4.44. The Morgan fingerprint density at radius 1 is 1.10 bits per heavy atom. The van der Waals surface area contributed by atoms with Gasteiger partial charge in [-0.3, -0.25) is 9.59 Å². The van der Waals surface area contributed by atoms with Crippen molar-refractivity contribution in [2.24, 2.45) is 5.92 Å². The van der Waals surface area contributed by atoms with Crippen molar-refractivity contribution in [3.8, 4) is 0 Å². The number of nitrogens with one attached hydrogen (secondary N) is 1. The zero-order valence-corrected chi connectivity index (χ0v) is 17.7. The standard InChI is InChI=1S/C24H29N5O2/c1-2-4-23(30)28-14-10-19(11-15-28)18-6-8-21(9-7-18)26-24(31)20-12-16-29(17-20)22-5-3-13-25-27-22/h2-3,5-9,13,19-20H,1,4,10-12,14-17H2,(H,26,31)/t20-/m0/s1. The van der Waals surface area contributed by atoms with Crippen LogP contribution in [0.15, 0.2) is 55.3 Å². The van der Waals surface area contributed by atoms with Crippen LogP contribution in [0, 0.1) is 5.92 Å². The maximum atomic E-state index is 12.7. The molecule has 1 N–H and O–H groups in total. The highest BCUT2D eigenvalue weighted by Gasteiger charge is 2.29. The first-order valence-electron chi connectivity index (χ1n) is 11.0. The Kier molecular flexibility index (Phi) is 6.60. The summed E-state index contributed by atoms with van der Waals surface area (Å²) < 4.78 is 0. The highest BCUT2D eigenvalue weighted by Crippen LogP contribution is 2.29. The van der Waals surface area contributed by atoms with Crippen LogP contribution in [0.3, 0.4) is 0 Å². The Morgan fingerprint density at radius 2 is 1.87 bits per heavy atom. The maximum absolute atomic E-state index is 12.7. The highest BCUT2D eigenvalue weighted by molar-refractivity contribution is 5.93. The van der Waals surface area contributed by atoms with E-state index >= 15 is 0 Å². The summed E-state index contributed by atoms with van der Waals surface area (Å²) in [5.74, 6) is 1.43. The molecule has 1 atom stereocenters. The molecule has 0 saturated carbocycles. The van der Waals surface area contributed by atoms with Gasteiger partial charge in [0.1, 0.15) is 0 Å². The molecule has 2 fully saturated rings. The summed E-state index contributed by atoms with van der Waals surface area (Å²) in [6.45, 7) is 6.69. The molecule has 2 amide bonds. The summed E-state index contributed by atoms with van der Waals surface area (Å²) >= 11 is 0. The quantitative estimate of drug-likeness (QED) is 0.728. The second kappa shape index (κ2) is 9.73. The molecule has 1 aromatic carbocycles. The summed E-state index contributed by atoms with van der Waals surface area (Å²) in [5.41, 5.74) is 2.09. The van der Waals surface area contributed by atoms with Crippen molar-refractivity contribution in [2.45, 2.75) is 31.6 Å². The summed E-state index contributed by atoms with van der Waals surface area (Å²) in [7, 11) is 0. The number of benzene rings is 1. The van der Waals surface area contributed by atoms with E-state index < -0.39 is 0 Å². The molecular weight excluding hydrogens is 390 g/mol. The average molecular weight is 420 g/mol. The fourth-order valence-corrected chi connectivity index (χ4v) is 4.44. The number of hydrogen-bond donors (Lipinski definition) is 1. The molecule has 7 nitrogen and oxygen atoms in total. The number of carbonyl (C=O) groups excluding carboxylic acids is 2. The monoisotopic (exact) mass is 419 g/mol. The van der Waals surface area contributed by atoms with Gasteiger partial charge in [0.15, 0.2) is 5.82 Å². The molecule has 0 unspecified atom stereocenters. The van der Waals surface area contributed by atoms with Gasteiger partial charge in [-0.05, 0) is 55.0 Å². The third-order valence-electron chi connectivity index (χ3n) is 6.26. The van der Waals surface area contributed by atoms with Crippen LogP contribution in [-0.4, -0.2) is 53.1 Å². The third-order valence-corrected chi connectivity index (χ3v) is 6.26. The number of aromatic nitrogens is 2. The zero-order valence-electron chi connectivity index (χ0n) is 17.7. The largest absolute Gasteiger partial charge is 0.354 e. The van der Waals surface area contributed by atoms with E-state index in [9.17, 15) is 9.59 Å². The first kappa shape index (κ1) is 21.0. The summed E-state index contributed by atoms with van der Waals surface area (Å²) in [6.07, 6.45) is 6.48. The second-order valence-electron chi connectivity index (χ2n) is 8.27. The second-order valence-corrected chi connectivity index (χ2v) is 8.27. The minimum Gasteiger partial charge on any atom is -0.354 e. The highest BCUT2D eigenvalue weighted by atomic mass is 16.2. The van der Waals surface area contributed by atoms with E-state index in [0.29, 0.717) is 18.9 Å². The van der Waals surface area contributed by atoms with Gasteiger partial charge < -0.3 is 15.1 Å². The van der Waals surface area contributed by atoms with Crippen molar-refractivity contribution in [1.82, 2.24) is 15.1 Å². The molecule has 2 aliphatic heterocycles. The first-order valence-corrected chi connectivity index (χ1v) is 11.0. The molecule has 0 radical (unpaired) electrons. The Morgan fingerprint density at radius 3 is 2.55 bits per heavy atom. The minimum absolute atomic E-state index is 0.0492. The van der Waals surface area contributed by atoms with E-state index in [1.807, 2.05) is 29.2 Å². The number of hydrogen-bond acceptors (Lipinski definition) is 5. The number of nitrogens with zero attached hydrogens (tertiary/aromatic N) is 4. The number of piperidine rings is 1. The van der Waals surface area contributed by atoms with Gasteiger partial charge in [0.2, 0.25) is 11.8 Å². The Hall–Kier alpha value is -3.22. The molecule has 4 rings (SSSR count). The van der Waals surface area contributed by atoms with Crippen LogP contribution >= 0.6 is 0 Å². The van der Waals surface area contributed by atoms with E-state index in [1.165, 1.54) is 5.56 Å². The van der Waals surface area contributed by atoms with Crippen LogP contribution in [0.5, 0.6) is 0 Å². The number of amides is 2. The molecular formula is C24H29N5O2. The van der Waals surface area contributed by atoms with Gasteiger partial charge in [-0.1, -0.05) is 18.2 Å². The predicted octanol–water partition coefficient (Wildman–Crippen LogP) is 3.22. The molecule has 2 saturated heterocycles. The van der Waals surface area contributed by atoms with Gasteiger partial charge in [0.25, 0.3) is 0 Å². The predicted molar refractivity (Wildman–Crippen MR) is 121 cm³/mol. The normalized spacial score (nSPS) is 19.3. The number of likely N-dealkylation sites (tertiary alicyclic amines) is 1. The lowest BCUT2D eigenvalue weighted by Gasteiger charge is -2.32. The van der Waals surface area contributed by atoms with E-state index in [1.54, 1.807) is 12.3 Å². The van der Waals surface area contributed by atoms with E-state index in [-0.39, 0.29) is 17.7 Å². The fraction of sp³-hybridized carbons (Fsp3) is 0.417. The Bertz CT molecular complexity index is 907. The first-order chi connectivity index (χ1) is 15.1. The van der Waals surface area contributed by atoms with Crippen LogP contribution in [0.4, 0.5) is 11.5 Å². The molecule has 1 aromatic heterocycles. The summed E-state index contributed by atoms with van der Waals surface area (Å²) in [4.78, 5) is 28.7. The smallest absolute Gasteiger partial charge is 0.229 e. The van der Waals surface area contributed by atoms with E-state index in [2.05, 4.69) is 39.1 Å². The third kappa shape index (κ3) is 5.10. The maximum Gasteiger partial charge on any atom is 0.229 e. The molecule has 0 aliphatic carbocycles. The van der Waals surface area contributed by atoms with Crippen molar-refractivity contribution in [1.29, 1.82) is 0 Å². The lowest BCUT2D eigenvalue weighted by atomic mass is 9.89. The van der Waals surface area contributed by atoms with Crippen molar-refractivity contribution >= 4 is 23.3 Å². The Labute approximate surface area is 183 Å². The van der Waals surface area contributed by atoms with Crippen LogP contribution in [-0.2, 0) is 9.59 Å². The zero-order chi connectivity index (χ0) is 21.6. The lowest BCUT2D eigenvalue weighted by molar-refractivity contribution is -0.131. The minimum atomic E-state index is -0.0564. The van der Waals surface area contributed by atoms with E-state index in [0.717, 1.165) is 50.4 Å². The van der Waals surface area contributed by atoms with Gasteiger partial charge in [0, 0.05) is 44.5 Å². The average Bonchev–Trinajstić information content (AvgIpc) is 3.31. The number of rotatable bonds is 6. The van der Waals surface area contributed by atoms with Crippen molar-refractivity contribution in [3.63, 3.8) is 0 Å².